The average molecular weight is 544 g/mol. The van der Waals surface area contributed by atoms with Crippen LogP contribution in [-0.2, 0) is 33.8 Å². The van der Waals surface area contributed by atoms with E-state index in [1.165, 1.54) is 12.7 Å². The van der Waals surface area contributed by atoms with E-state index >= 15 is 0 Å². The number of esters is 1. The molecule has 1 N–H and O–H groups in total. The molecule has 0 aliphatic carbocycles. The maximum absolute atomic E-state index is 13.0. The molecule has 1 aliphatic rings. The highest BCUT2D eigenvalue weighted by molar-refractivity contribution is 5.85. The Morgan fingerprint density at radius 2 is 1.75 bits per heavy atom. The second-order valence-corrected chi connectivity index (χ2v) is 9.73. The minimum absolute atomic E-state index is 0.00654. The minimum Gasteiger partial charge on any atom is -0.497 e. The number of nitrogens with one attached hydrogen (secondary N) is 1. The molecule has 0 saturated carbocycles. The van der Waals surface area contributed by atoms with Gasteiger partial charge in [0, 0.05) is 32.7 Å². The molecule has 1 amide bonds. The van der Waals surface area contributed by atoms with E-state index in [4.69, 9.17) is 19.4 Å². The molecule has 0 unspecified atom stereocenters. The molecule has 2 aromatic heterocycles. The van der Waals surface area contributed by atoms with Gasteiger partial charge >= 0.3 is 5.97 Å². The number of imidazole rings is 1. The van der Waals surface area contributed by atoms with Gasteiger partial charge in [-0.3, -0.25) is 9.59 Å². The number of hydrogen-bond donors (Lipinski definition) is 1. The monoisotopic (exact) mass is 543 g/mol. The van der Waals surface area contributed by atoms with Crippen LogP contribution in [0.3, 0.4) is 0 Å². The fourth-order valence-electron chi connectivity index (χ4n) is 4.63. The summed E-state index contributed by atoms with van der Waals surface area (Å²) in [5, 5.41) is 3.40. The lowest BCUT2D eigenvalue weighted by atomic mass is 10.1. The molecule has 1 aliphatic heterocycles. The van der Waals surface area contributed by atoms with Crippen LogP contribution >= 0.6 is 0 Å². The summed E-state index contributed by atoms with van der Waals surface area (Å²) in [7, 11) is 2.97. The molecule has 0 bridgehead atoms. The third-order valence-electron chi connectivity index (χ3n) is 6.96. The Balaban J connectivity index is 1.33. The van der Waals surface area contributed by atoms with Crippen molar-refractivity contribution in [2.24, 2.45) is 0 Å². The number of nitrogens with zero attached hydrogens (tertiary/aromatic N) is 6. The number of benzene rings is 2. The summed E-state index contributed by atoms with van der Waals surface area (Å²) < 4.78 is 11.8. The zero-order chi connectivity index (χ0) is 28.1. The summed E-state index contributed by atoms with van der Waals surface area (Å²) in [5.74, 6) is 1.52. The molecule has 5 rings (SSSR count). The van der Waals surface area contributed by atoms with Crippen LogP contribution in [0.2, 0.25) is 0 Å². The molecule has 4 aromatic rings. The number of piperazine rings is 1. The van der Waals surface area contributed by atoms with E-state index in [1.54, 1.807) is 18.0 Å². The number of carbonyl (C=O) groups excluding carboxylic acids is 2. The van der Waals surface area contributed by atoms with Gasteiger partial charge in [-0.2, -0.15) is 9.97 Å². The van der Waals surface area contributed by atoms with Crippen LogP contribution in [0.4, 0.5) is 11.8 Å². The molecular weight excluding hydrogens is 510 g/mol. The quantitative estimate of drug-likeness (QED) is 0.318. The maximum Gasteiger partial charge on any atom is 0.325 e. The number of aromatic nitrogens is 4. The van der Waals surface area contributed by atoms with Gasteiger partial charge in [-0.15, -0.1) is 0 Å². The Bertz CT molecular complexity index is 1490. The topological polar surface area (TPSA) is 115 Å². The standard InChI is InChI=1S/C29H33N7O4/c1-20-7-9-21(10-8-20)17-30-27-26-28(36(19-31-26)18-25(38)40-3)33-29(32-27)35-13-11-34(12-14-35)24(37)16-22-5-4-6-23(15-22)39-2/h4-10,15,19H,11-14,16-18H2,1-3H3,(H,30,32,33). The number of aryl methyl sites for hydroxylation is 1. The Labute approximate surface area is 232 Å². The van der Waals surface area contributed by atoms with Crippen molar-refractivity contribution >= 4 is 34.8 Å². The van der Waals surface area contributed by atoms with E-state index in [0.717, 1.165) is 16.9 Å². The van der Waals surface area contributed by atoms with Gasteiger partial charge < -0.3 is 29.2 Å². The highest BCUT2D eigenvalue weighted by atomic mass is 16.5. The zero-order valence-corrected chi connectivity index (χ0v) is 23.0. The highest BCUT2D eigenvalue weighted by Gasteiger charge is 2.25. The Morgan fingerprint density at radius 3 is 2.48 bits per heavy atom. The normalized spacial score (nSPS) is 13.4. The van der Waals surface area contributed by atoms with Crippen LogP contribution in [-0.4, -0.2) is 76.7 Å². The Morgan fingerprint density at radius 1 is 0.975 bits per heavy atom. The van der Waals surface area contributed by atoms with Crippen molar-refractivity contribution in [3.8, 4) is 5.75 Å². The van der Waals surface area contributed by atoms with Crippen molar-refractivity contribution in [2.75, 3.05) is 50.6 Å². The number of amides is 1. The van der Waals surface area contributed by atoms with Crippen molar-refractivity contribution in [2.45, 2.75) is 26.4 Å². The fourth-order valence-corrected chi connectivity index (χ4v) is 4.63. The van der Waals surface area contributed by atoms with Gasteiger partial charge in [0.15, 0.2) is 17.0 Å². The average Bonchev–Trinajstić information content (AvgIpc) is 3.39. The first-order chi connectivity index (χ1) is 19.4. The lowest BCUT2D eigenvalue weighted by molar-refractivity contribution is -0.141. The van der Waals surface area contributed by atoms with Crippen LogP contribution in [0.5, 0.6) is 5.75 Å². The fraction of sp³-hybridized carbons (Fsp3) is 0.345. The second-order valence-electron chi connectivity index (χ2n) is 9.73. The van der Waals surface area contributed by atoms with Crippen LogP contribution < -0.4 is 15.0 Å². The van der Waals surface area contributed by atoms with Crippen LogP contribution in [0.1, 0.15) is 16.7 Å². The Hall–Kier alpha value is -4.67. The third kappa shape index (κ3) is 6.14. The number of ether oxygens (including phenoxy) is 2. The first-order valence-corrected chi connectivity index (χ1v) is 13.2. The van der Waals surface area contributed by atoms with Gasteiger partial charge in [-0.25, -0.2) is 4.98 Å². The third-order valence-corrected chi connectivity index (χ3v) is 6.96. The number of methoxy groups -OCH3 is 2. The summed E-state index contributed by atoms with van der Waals surface area (Å²) >= 11 is 0. The first kappa shape index (κ1) is 26.9. The lowest BCUT2D eigenvalue weighted by Crippen LogP contribution is -2.49. The summed E-state index contributed by atoms with van der Waals surface area (Å²) in [5.41, 5.74) is 4.34. The summed E-state index contributed by atoms with van der Waals surface area (Å²) in [4.78, 5) is 43.0. The van der Waals surface area contributed by atoms with Crippen molar-refractivity contribution in [1.29, 1.82) is 0 Å². The largest absolute Gasteiger partial charge is 0.497 e. The first-order valence-electron chi connectivity index (χ1n) is 13.2. The van der Waals surface area contributed by atoms with Gasteiger partial charge in [0.25, 0.3) is 0 Å². The highest BCUT2D eigenvalue weighted by Crippen LogP contribution is 2.24. The van der Waals surface area contributed by atoms with Gasteiger partial charge in [-0.05, 0) is 30.2 Å². The molecule has 11 heteroatoms. The Kier molecular flexibility index (Phi) is 8.09. The maximum atomic E-state index is 13.0. The second kappa shape index (κ2) is 12.0. The number of hydrogen-bond acceptors (Lipinski definition) is 9. The summed E-state index contributed by atoms with van der Waals surface area (Å²) in [6, 6.07) is 15.9. The van der Waals surface area contributed by atoms with Crippen molar-refractivity contribution < 1.29 is 19.1 Å². The summed E-state index contributed by atoms with van der Waals surface area (Å²) in [6.07, 6.45) is 1.89. The van der Waals surface area contributed by atoms with Crippen molar-refractivity contribution in [3.05, 3.63) is 71.5 Å². The zero-order valence-electron chi connectivity index (χ0n) is 23.0. The van der Waals surface area contributed by atoms with E-state index in [2.05, 4.69) is 46.4 Å². The smallest absolute Gasteiger partial charge is 0.325 e. The molecule has 1 saturated heterocycles. The van der Waals surface area contributed by atoms with Gasteiger partial charge in [0.2, 0.25) is 11.9 Å². The van der Waals surface area contributed by atoms with E-state index in [9.17, 15) is 9.59 Å². The van der Waals surface area contributed by atoms with Crippen molar-refractivity contribution in [3.63, 3.8) is 0 Å². The lowest BCUT2D eigenvalue weighted by Gasteiger charge is -2.35. The van der Waals surface area contributed by atoms with Gasteiger partial charge in [0.1, 0.15) is 12.3 Å². The van der Waals surface area contributed by atoms with E-state index in [0.29, 0.717) is 62.1 Å². The van der Waals surface area contributed by atoms with E-state index < -0.39 is 5.97 Å². The molecule has 40 heavy (non-hydrogen) atoms. The molecule has 0 atom stereocenters. The van der Waals surface area contributed by atoms with Crippen LogP contribution in [0.25, 0.3) is 11.2 Å². The SMILES string of the molecule is COC(=O)Cn1cnc2c(NCc3ccc(C)cc3)nc(N3CCN(C(=O)Cc4cccc(OC)c4)CC3)nc21. The van der Waals surface area contributed by atoms with Gasteiger partial charge in [0.05, 0.1) is 27.0 Å². The number of fused-ring (bicyclic) bond motifs is 1. The molecule has 2 aromatic carbocycles. The molecule has 11 nitrogen and oxygen atoms in total. The number of anilines is 2. The van der Waals surface area contributed by atoms with Crippen LogP contribution in [0, 0.1) is 6.92 Å². The van der Waals surface area contributed by atoms with Gasteiger partial charge in [-0.1, -0.05) is 42.0 Å². The van der Waals surface area contributed by atoms with Crippen molar-refractivity contribution in [1.82, 2.24) is 24.4 Å². The molecular formula is C29H33N7O4. The molecule has 208 valence electrons. The molecule has 1 fully saturated rings. The van der Waals surface area contributed by atoms with E-state index in [1.807, 2.05) is 29.2 Å². The summed E-state index contributed by atoms with van der Waals surface area (Å²) in [6.45, 7) is 4.87. The van der Waals surface area contributed by atoms with E-state index in [-0.39, 0.29) is 12.5 Å². The predicted molar refractivity (Wildman–Crippen MR) is 151 cm³/mol. The van der Waals surface area contributed by atoms with Crippen LogP contribution in [0.15, 0.2) is 54.9 Å². The number of rotatable bonds is 9. The predicted octanol–water partition coefficient (Wildman–Crippen LogP) is 2.82. The minimum atomic E-state index is -0.392. The molecule has 0 radical (unpaired) electrons. The molecule has 3 heterocycles. The molecule has 0 spiro atoms. The number of carbonyl (C=O) groups is 2.